The predicted octanol–water partition coefficient (Wildman–Crippen LogP) is 2.41. The fourth-order valence-electron chi connectivity index (χ4n) is 0.581. The minimum absolute atomic E-state index is 0. The van der Waals surface area contributed by atoms with Crippen molar-refractivity contribution in [1.29, 1.82) is 0 Å². The van der Waals surface area contributed by atoms with Crippen LogP contribution >= 0.6 is 11.6 Å². The van der Waals surface area contributed by atoms with Crippen molar-refractivity contribution < 1.29 is 10.3 Å². The minimum atomic E-state index is -0.238. The molecule has 0 atom stereocenters. The number of benzene rings is 1. The molecule has 74 valence electrons. The molecule has 0 unspecified atom stereocenters. The molecule has 0 radical (unpaired) electrons. The summed E-state index contributed by atoms with van der Waals surface area (Å²) in [6.45, 7) is 1.92. The molecule has 13 heavy (non-hydrogen) atoms. The number of halogens is 1. The lowest BCUT2D eigenvalue weighted by atomic mass is 10.4. The van der Waals surface area contributed by atoms with Gasteiger partial charge in [-0.15, -0.1) is 0 Å². The summed E-state index contributed by atoms with van der Waals surface area (Å²) >= 11 is 4.94. The molecule has 1 aromatic rings. The van der Waals surface area contributed by atoms with Crippen molar-refractivity contribution in [3.05, 3.63) is 36.4 Å². The molecular formula is C10H15ClO2. The molecule has 3 heteroatoms. The van der Waals surface area contributed by atoms with Gasteiger partial charge in [0.15, 0.2) is 0 Å². The number of hydrogen-bond acceptors (Lipinski definition) is 1. The van der Waals surface area contributed by atoms with E-state index in [0.717, 1.165) is 6.42 Å². The zero-order valence-electron chi connectivity index (χ0n) is 7.66. The highest BCUT2D eigenvalue weighted by atomic mass is 35.5. The fraction of sp³-hybridized carbons (Fsp3) is 0.300. The van der Waals surface area contributed by atoms with Crippen molar-refractivity contribution in [1.82, 2.24) is 0 Å². The number of hydrogen-bond donors (Lipinski definition) is 0. The molecular weight excluding hydrogens is 188 g/mol. The van der Waals surface area contributed by atoms with Crippen molar-refractivity contribution in [2.45, 2.75) is 19.8 Å². The van der Waals surface area contributed by atoms with Crippen LogP contribution in [0.4, 0.5) is 0 Å². The first-order valence-corrected chi connectivity index (χ1v) is 4.33. The molecule has 2 N–H and O–H groups in total. The molecule has 0 spiro atoms. The Bertz CT molecular complexity index is 173. The maximum absolute atomic E-state index is 9.81. The largest absolute Gasteiger partial charge is 0.412 e. The van der Waals surface area contributed by atoms with Gasteiger partial charge < -0.3 is 5.48 Å². The molecule has 1 rings (SSSR count). The Balaban J connectivity index is 0. The normalized spacial score (nSPS) is 7.54. The Hall–Kier alpha value is -0.860. The second-order valence-corrected chi connectivity index (χ2v) is 2.68. The van der Waals surface area contributed by atoms with E-state index in [-0.39, 0.29) is 10.7 Å². The molecule has 1 aromatic carbocycles. The average Bonchev–Trinajstić information content (AvgIpc) is 2.08. The van der Waals surface area contributed by atoms with Gasteiger partial charge in [0.2, 0.25) is 5.24 Å². The average molecular weight is 203 g/mol. The summed E-state index contributed by atoms with van der Waals surface area (Å²) in [7, 11) is 0. The third-order valence-corrected chi connectivity index (χ3v) is 1.30. The summed E-state index contributed by atoms with van der Waals surface area (Å²) in [5.41, 5.74) is 0. The van der Waals surface area contributed by atoms with Gasteiger partial charge in [-0.25, -0.2) is 0 Å². The third-order valence-electron chi connectivity index (χ3n) is 1.11. The quantitative estimate of drug-likeness (QED) is 0.680. The second kappa shape index (κ2) is 11.1. The van der Waals surface area contributed by atoms with Crippen LogP contribution in [0.3, 0.4) is 0 Å². The summed E-state index contributed by atoms with van der Waals surface area (Å²) < 4.78 is 0. The van der Waals surface area contributed by atoms with E-state index in [9.17, 15) is 4.79 Å². The van der Waals surface area contributed by atoms with Crippen LogP contribution in [-0.2, 0) is 4.79 Å². The summed E-state index contributed by atoms with van der Waals surface area (Å²) in [6.07, 6.45) is 1.35. The Labute approximate surface area is 83.8 Å². The van der Waals surface area contributed by atoms with Crippen LogP contribution in [0.25, 0.3) is 0 Å². The highest BCUT2D eigenvalue weighted by Gasteiger charge is 1.87. The molecule has 0 bridgehead atoms. The zero-order chi connectivity index (χ0) is 9.23. The van der Waals surface area contributed by atoms with E-state index in [1.54, 1.807) is 0 Å². The standard InChI is InChI=1S/C6H6.C4H7ClO.H2O/c1-2-4-6-5-3-1;1-2-3-4(5)6;/h1-6H;2-3H2,1H3;1H2. The van der Waals surface area contributed by atoms with E-state index < -0.39 is 0 Å². The van der Waals surface area contributed by atoms with Gasteiger partial charge in [0.05, 0.1) is 0 Å². The van der Waals surface area contributed by atoms with Crippen molar-refractivity contribution >= 4 is 16.8 Å². The molecule has 0 aliphatic rings. The van der Waals surface area contributed by atoms with Crippen molar-refractivity contribution in [3.63, 3.8) is 0 Å². The van der Waals surface area contributed by atoms with Gasteiger partial charge in [-0.05, 0) is 18.0 Å². The van der Waals surface area contributed by atoms with Crippen LogP contribution in [0.15, 0.2) is 36.4 Å². The van der Waals surface area contributed by atoms with Crippen LogP contribution in [0.5, 0.6) is 0 Å². The van der Waals surface area contributed by atoms with Crippen LogP contribution < -0.4 is 0 Å². The maximum Gasteiger partial charge on any atom is 0.221 e. The number of carbonyl (C=O) groups excluding carboxylic acids is 1. The molecule has 0 amide bonds. The Kier molecular flexibility index (Phi) is 12.6. The maximum atomic E-state index is 9.81. The molecule has 2 nitrogen and oxygen atoms in total. The highest BCUT2D eigenvalue weighted by molar-refractivity contribution is 6.63. The monoisotopic (exact) mass is 202 g/mol. The van der Waals surface area contributed by atoms with E-state index in [2.05, 4.69) is 0 Å². The van der Waals surface area contributed by atoms with Crippen molar-refractivity contribution in [3.8, 4) is 0 Å². The Morgan fingerprint density at radius 3 is 1.46 bits per heavy atom. The van der Waals surface area contributed by atoms with Crippen LogP contribution in [0.1, 0.15) is 19.8 Å². The Morgan fingerprint density at radius 1 is 1.08 bits per heavy atom. The predicted molar refractivity (Wildman–Crippen MR) is 55.8 cm³/mol. The van der Waals surface area contributed by atoms with Crippen molar-refractivity contribution in [2.24, 2.45) is 0 Å². The minimum Gasteiger partial charge on any atom is -0.412 e. The van der Waals surface area contributed by atoms with Gasteiger partial charge in [-0.1, -0.05) is 43.3 Å². The third kappa shape index (κ3) is 14.0. The van der Waals surface area contributed by atoms with E-state index in [1.807, 2.05) is 43.3 Å². The van der Waals surface area contributed by atoms with Crippen molar-refractivity contribution in [2.75, 3.05) is 0 Å². The van der Waals surface area contributed by atoms with Gasteiger partial charge >= 0.3 is 0 Å². The molecule has 0 saturated carbocycles. The lowest BCUT2D eigenvalue weighted by Crippen LogP contribution is -1.79. The van der Waals surface area contributed by atoms with Gasteiger partial charge in [-0.3, -0.25) is 4.79 Å². The Morgan fingerprint density at radius 2 is 1.38 bits per heavy atom. The first kappa shape index (κ1) is 14.7. The number of carbonyl (C=O) groups is 1. The lowest BCUT2D eigenvalue weighted by molar-refractivity contribution is -0.111. The lowest BCUT2D eigenvalue weighted by Gasteiger charge is -1.77. The highest BCUT2D eigenvalue weighted by Crippen LogP contribution is 1.90. The first-order valence-electron chi connectivity index (χ1n) is 3.95. The molecule has 0 aliphatic carbocycles. The van der Waals surface area contributed by atoms with E-state index in [4.69, 9.17) is 11.6 Å². The SMILES string of the molecule is CCCC(=O)Cl.O.c1ccccc1. The van der Waals surface area contributed by atoms with E-state index >= 15 is 0 Å². The summed E-state index contributed by atoms with van der Waals surface area (Å²) in [4.78, 5) is 9.81. The molecule has 0 aromatic heterocycles. The summed E-state index contributed by atoms with van der Waals surface area (Å²) in [6, 6.07) is 12.0. The molecule has 0 heterocycles. The van der Waals surface area contributed by atoms with E-state index in [0.29, 0.717) is 6.42 Å². The molecule has 0 saturated heterocycles. The first-order chi connectivity index (χ1) is 5.77. The zero-order valence-corrected chi connectivity index (χ0v) is 8.42. The topological polar surface area (TPSA) is 48.6 Å². The molecule has 0 aliphatic heterocycles. The van der Waals surface area contributed by atoms with Gasteiger partial charge in [0, 0.05) is 6.42 Å². The smallest absolute Gasteiger partial charge is 0.221 e. The van der Waals surface area contributed by atoms with Gasteiger partial charge in [0.1, 0.15) is 0 Å². The summed E-state index contributed by atoms with van der Waals surface area (Å²) in [5.74, 6) is 0. The van der Waals surface area contributed by atoms with E-state index in [1.165, 1.54) is 0 Å². The van der Waals surface area contributed by atoms with Crippen LogP contribution in [0, 0.1) is 0 Å². The van der Waals surface area contributed by atoms with Gasteiger partial charge in [-0.2, -0.15) is 0 Å². The molecule has 0 fully saturated rings. The summed E-state index contributed by atoms with van der Waals surface area (Å²) in [5, 5.41) is -0.238. The van der Waals surface area contributed by atoms with Crippen LogP contribution in [0.2, 0.25) is 0 Å². The number of rotatable bonds is 2. The second-order valence-electron chi connectivity index (χ2n) is 2.26. The fourth-order valence-corrected chi connectivity index (χ4v) is 0.770. The van der Waals surface area contributed by atoms with Gasteiger partial charge in [0.25, 0.3) is 0 Å². The van der Waals surface area contributed by atoms with Crippen LogP contribution in [-0.4, -0.2) is 10.7 Å².